The number of rotatable bonds is 5. The Balaban J connectivity index is 1.89. The molecule has 0 N–H and O–H groups in total. The lowest BCUT2D eigenvalue weighted by Gasteiger charge is -2.38. The van der Waals surface area contributed by atoms with Crippen LogP contribution in [0.25, 0.3) is 0 Å². The predicted octanol–water partition coefficient (Wildman–Crippen LogP) is 4.10. The predicted molar refractivity (Wildman–Crippen MR) is 86.6 cm³/mol. The average molecular weight is 291 g/mol. The first-order chi connectivity index (χ1) is 9.56. The number of hydrogen-bond donors (Lipinski definition) is 0. The van der Waals surface area contributed by atoms with Gasteiger partial charge in [-0.05, 0) is 49.7 Å². The zero-order chi connectivity index (χ0) is 14.6. The van der Waals surface area contributed by atoms with Gasteiger partial charge in [0.25, 0.3) is 0 Å². The fourth-order valence-corrected chi connectivity index (χ4v) is 3.08. The molecule has 0 aromatic heterocycles. The van der Waals surface area contributed by atoms with E-state index in [0.717, 1.165) is 18.7 Å². The van der Waals surface area contributed by atoms with Gasteiger partial charge < -0.3 is 0 Å². The highest BCUT2D eigenvalue weighted by molar-refractivity contribution is 7.98. The Morgan fingerprint density at radius 3 is 2.35 bits per heavy atom. The highest BCUT2D eigenvalue weighted by Crippen LogP contribution is 2.33. The molecule has 1 aliphatic rings. The molecule has 1 saturated heterocycles. The molecule has 1 aromatic carbocycles. The van der Waals surface area contributed by atoms with Gasteiger partial charge in [0.1, 0.15) is 0 Å². The van der Waals surface area contributed by atoms with E-state index in [1.807, 2.05) is 24.3 Å². The summed E-state index contributed by atoms with van der Waals surface area (Å²) in [6.07, 6.45) is 5.71. The molecule has 0 spiro atoms. The quantitative estimate of drug-likeness (QED) is 0.601. The van der Waals surface area contributed by atoms with Crippen molar-refractivity contribution in [3.05, 3.63) is 29.8 Å². The molecular weight excluding hydrogens is 266 g/mol. The highest BCUT2D eigenvalue weighted by atomic mass is 32.2. The summed E-state index contributed by atoms with van der Waals surface area (Å²) in [7, 11) is 0. The molecule has 0 unspecified atom stereocenters. The van der Waals surface area contributed by atoms with Crippen molar-refractivity contribution < 1.29 is 4.79 Å². The maximum atomic E-state index is 12.3. The topological polar surface area (TPSA) is 20.3 Å². The van der Waals surface area contributed by atoms with E-state index in [1.54, 1.807) is 11.8 Å². The largest absolute Gasteiger partial charge is 0.296 e. The fraction of sp³-hybridized carbons (Fsp3) is 0.588. The number of hydrogen-bond acceptors (Lipinski definition) is 3. The standard InChI is InChI=1S/C17H25NOS/c1-4-17(2)9-11-18(12-10-17)13-16(19)14-5-7-15(20-3)8-6-14/h5-8H,4,9-13H2,1-3H3. The maximum Gasteiger partial charge on any atom is 0.176 e. The molecule has 0 atom stereocenters. The highest BCUT2D eigenvalue weighted by Gasteiger charge is 2.28. The fourth-order valence-electron chi connectivity index (χ4n) is 2.68. The minimum absolute atomic E-state index is 0.248. The molecule has 110 valence electrons. The lowest BCUT2D eigenvalue weighted by molar-refractivity contribution is 0.0813. The number of benzene rings is 1. The number of ketones is 1. The third-order valence-electron chi connectivity index (χ3n) is 4.70. The zero-order valence-corrected chi connectivity index (χ0v) is 13.6. The van der Waals surface area contributed by atoms with Gasteiger partial charge in [0.15, 0.2) is 5.78 Å². The molecule has 0 aliphatic carbocycles. The Morgan fingerprint density at radius 1 is 1.25 bits per heavy atom. The van der Waals surface area contributed by atoms with Crippen molar-refractivity contribution in [3.8, 4) is 0 Å². The first kappa shape index (κ1) is 15.6. The molecule has 0 amide bonds. The van der Waals surface area contributed by atoms with Gasteiger partial charge in [0.05, 0.1) is 6.54 Å². The van der Waals surface area contributed by atoms with Crippen molar-refractivity contribution in [1.29, 1.82) is 0 Å². The van der Waals surface area contributed by atoms with E-state index in [4.69, 9.17) is 0 Å². The van der Waals surface area contributed by atoms with Gasteiger partial charge in [-0.1, -0.05) is 32.4 Å². The van der Waals surface area contributed by atoms with Gasteiger partial charge in [-0.3, -0.25) is 9.69 Å². The minimum atomic E-state index is 0.248. The van der Waals surface area contributed by atoms with Crippen molar-refractivity contribution in [3.63, 3.8) is 0 Å². The Bertz CT molecular complexity index is 447. The Morgan fingerprint density at radius 2 is 1.85 bits per heavy atom. The summed E-state index contributed by atoms with van der Waals surface area (Å²) >= 11 is 1.71. The van der Waals surface area contributed by atoms with Crippen LogP contribution in [0.3, 0.4) is 0 Å². The van der Waals surface area contributed by atoms with Crippen LogP contribution in [0.5, 0.6) is 0 Å². The third-order valence-corrected chi connectivity index (χ3v) is 5.44. The number of piperidine rings is 1. The van der Waals surface area contributed by atoms with E-state index in [2.05, 4.69) is 25.0 Å². The molecule has 0 saturated carbocycles. The Hall–Kier alpha value is -0.800. The average Bonchev–Trinajstić information content (AvgIpc) is 2.50. The van der Waals surface area contributed by atoms with E-state index in [9.17, 15) is 4.79 Å². The van der Waals surface area contributed by atoms with Gasteiger partial charge in [-0.25, -0.2) is 0 Å². The molecule has 2 nitrogen and oxygen atoms in total. The zero-order valence-electron chi connectivity index (χ0n) is 12.8. The number of Topliss-reactive ketones (excluding diaryl/α,β-unsaturated/α-hetero) is 1. The molecule has 20 heavy (non-hydrogen) atoms. The molecule has 2 rings (SSSR count). The number of carbonyl (C=O) groups is 1. The number of nitrogens with zero attached hydrogens (tertiary/aromatic N) is 1. The number of thioether (sulfide) groups is 1. The van der Waals surface area contributed by atoms with E-state index < -0.39 is 0 Å². The first-order valence-electron chi connectivity index (χ1n) is 7.46. The van der Waals surface area contributed by atoms with Crippen LogP contribution >= 0.6 is 11.8 Å². The second-order valence-corrected chi connectivity index (χ2v) is 6.97. The summed E-state index contributed by atoms with van der Waals surface area (Å²) in [6, 6.07) is 7.97. The molecule has 0 radical (unpaired) electrons. The Labute approximate surface area is 126 Å². The van der Waals surface area contributed by atoms with Crippen LogP contribution in [-0.4, -0.2) is 36.6 Å². The summed E-state index contributed by atoms with van der Waals surface area (Å²) < 4.78 is 0. The normalized spacial score (nSPS) is 18.9. The number of carbonyl (C=O) groups excluding carboxylic acids is 1. The van der Waals surface area contributed by atoms with E-state index in [1.165, 1.54) is 24.2 Å². The van der Waals surface area contributed by atoms with Crippen LogP contribution < -0.4 is 0 Å². The molecule has 1 fully saturated rings. The molecule has 3 heteroatoms. The summed E-state index contributed by atoms with van der Waals surface area (Å²) in [5, 5.41) is 0. The smallest absolute Gasteiger partial charge is 0.176 e. The summed E-state index contributed by atoms with van der Waals surface area (Å²) in [4.78, 5) is 15.8. The second-order valence-electron chi connectivity index (χ2n) is 6.09. The van der Waals surface area contributed by atoms with E-state index in [-0.39, 0.29) is 5.78 Å². The van der Waals surface area contributed by atoms with Crippen LogP contribution in [-0.2, 0) is 0 Å². The summed E-state index contributed by atoms with van der Waals surface area (Å²) in [6.45, 7) is 7.32. The number of likely N-dealkylation sites (tertiary alicyclic amines) is 1. The van der Waals surface area contributed by atoms with Gasteiger partial charge in [-0.15, -0.1) is 11.8 Å². The van der Waals surface area contributed by atoms with E-state index in [0.29, 0.717) is 12.0 Å². The Kier molecular flexibility index (Phi) is 5.28. The maximum absolute atomic E-state index is 12.3. The minimum Gasteiger partial charge on any atom is -0.296 e. The summed E-state index contributed by atoms with van der Waals surface area (Å²) in [5.41, 5.74) is 1.33. The van der Waals surface area contributed by atoms with Crippen LogP contribution in [0.15, 0.2) is 29.2 Å². The van der Waals surface area contributed by atoms with Crippen LogP contribution in [0.2, 0.25) is 0 Å². The monoisotopic (exact) mass is 291 g/mol. The van der Waals surface area contributed by atoms with Crippen molar-refractivity contribution >= 4 is 17.5 Å². The van der Waals surface area contributed by atoms with Gasteiger partial charge >= 0.3 is 0 Å². The van der Waals surface area contributed by atoms with Gasteiger partial charge in [-0.2, -0.15) is 0 Å². The molecule has 1 aromatic rings. The molecular formula is C17H25NOS. The SMILES string of the molecule is CCC1(C)CCN(CC(=O)c2ccc(SC)cc2)CC1. The first-order valence-corrected chi connectivity index (χ1v) is 8.68. The third kappa shape index (κ3) is 3.86. The molecule has 1 heterocycles. The van der Waals surface area contributed by atoms with Crippen LogP contribution in [0.4, 0.5) is 0 Å². The van der Waals surface area contributed by atoms with Crippen molar-refractivity contribution in [2.24, 2.45) is 5.41 Å². The van der Waals surface area contributed by atoms with Crippen molar-refractivity contribution in [2.75, 3.05) is 25.9 Å². The lowest BCUT2D eigenvalue weighted by Crippen LogP contribution is -2.40. The van der Waals surface area contributed by atoms with Crippen LogP contribution in [0, 0.1) is 5.41 Å². The van der Waals surface area contributed by atoms with Crippen molar-refractivity contribution in [2.45, 2.75) is 38.0 Å². The molecule has 1 aliphatic heterocycles. The second kappa shape index (κ2) is 6.77. The van der Waals surface area contributed by atoms with Crippen LogP contribution in [0.1, 0.15) is 43.5 Å². The molecule has 0 bridgehead atoms. The van der Waals surface area contributed by atoms with Gasteiger partial charge in [0, 0.05) is 10.5 Å². The van der Waals surface area contributed by atoms with Crippen molar-refractivity contribution in [1.82, 2.24) is 4.90 Å². The van der Waals surface area contributed by atoms with E-state index >= 15 is 0 Å². The summed E-state index contributed by atoms with van der Waals surface area (Å²) in [5.74, 6) is 0.248. The van der Waals surface area contributed by atoms with Gasteiger partial charge in [0.2, 0.25) is 0 Å². The lowest BCUT2D eigenvalue weighted by atomic mass is 9.78.